The number of hydrogen-bond donors (Lipinski definition) is 2. The molecule has 1 aromatic rings. The van der Waals surface area contributed by atoms with Gasteiger partial charge < -0.3 is 15.6 Å². The van der Waals surface area contributed by atoms with E-state index in [9.17, 15) is 18.3 Å². The molecule has 3 N–H and O–H groups in total. The van der Waals surface area contributed by atoms with Gasteiger partial charge in [0.25, 0.3) is 0 Å². The molecule has 0 aliphatic heterocycles. The van der Waals surface area contributed by atoms with Crippen LogP contribution in [0, 0.1) is 5.92 Å². The van der Waals surface area contributed by atoms with Crippen molar-refractivity contribution in [2.24, 2.45) is 11.7 Å². The molecule has 0 saturated carbocycles. The van der Waals surface area contributed by atoms with Crippen molar-refractivity contribution in [2.75, 3.05) is 6.54 Å². The molecule has 0 fully saturated rings. The lowest BCUT2D eigenvalue weighted by atomic mass is 9.93. The number of aliphatic hydroxyl groups excluding tert-OH is 1. The molecule has 0 bridgehead atoms. The van der Waals surface area contributed by atoms with Gasteiger partial charge in [0.1, 0.15) is 5.75 Å². The van der Waals surface area contributed by atoms with Crippen molar-refractivity contribution in [3.8, 4) is 5.75 Å². The molecule has 1 aromatic carbocycles. The zero-order valence-electron chi connectivity index (χ0n) is 9.95. The largest absolute Gasteiger partial charge is 0.573 e. The highest BCUT2D eigenvalue weighted by molar-refractivity contribution is 5.30. The van der Waals surface area contributed by atoms with Gasteiger partial charge in [-0.25, -0.2) is 0 Å². The first-order valence-corrected chi connectivity index (χ1v) is 5.61. The first kappa shape index (κ1) is 14.8. The van der Waals surface area contributed by atoms with Gasteiger partial charge in [-0.2, -0.15) is 0 Å². The van der Waals surface area contributed by atoms with Crippen LogP contribution in [0.2, 0.25) is 0 Å². The second-order valence-corrected chi connectivity index (χ2v) is 3.97. The number of alkyl halides is 3. The van der Waals surface area contributed by atoms with E-state index in [1.807, 2.05) is 6.92 Å². The minimum atomic E-state index is -4.73. The molecule has 0 aliphatic carbocycles. The number of hydrogen-bond acceptors (Lipinski definition) is 3. The lowest BCUT2D eigenvalue weighted by molar-refractivity contribution is -0.274. The lowest BCUT2D eigenvalue weighted by Crippen LogP contribution is -2.21. The van der Waals surface area contributed by atoms with E-state index in [0.29, 0.717) is 12.0 Å². The third-order valence-electron chi connectivity index (χ3n) is 2.71. The monoisotopic (exact) mass is 263 g/mol. The van der Waals surface area contributed by atoms with Crippen LogP contribution in [0.15, 0.2) is 24.3 Å². The van der Waals surface area contributed by atoms with E-state index in [-0.39, 0.29) is 18.2 Å². The smallest absolute Gasteiger partial charge is 0.406 e. The number of halogens is 3. The number of aliphatic hydroxyl groups is 1. The Kier molecular flexibility index (Phi) is 4.98. The fourth-order valence-corrected chi connectivity index (χ4v) is 1.69. The van der Waals surface area contributed by atoms with Crippen LogP contribution in [0.4, 0.5) is 13.2 Å². The minimum Gasteiger partial charge on any atom is -0.406 e. The van der Waals surface area contributed by atoms with Crippen molar-refractivity contribution >= 4 is 0 Å². The molecule has 3 nitrogen and oxygen atoms in total. The van der Waals surface area contributed by atoms with Gasteiger partial charge in [0, 0.05) is 5.92 Å². The average molecular weight is 263 g/mol. The number of rotatable bonds is 5. The summed E-state index contributed by atoms with van der Waals surface area (Å²) in [6.07, 6.45) is -4.99. The van der Waals surface area contributed by atoms with Crippen LogP contribution in [-0.4, -0.2) is 18.0 Å². The fraction of sp³-hybridized carbons (Fsp3) is 0.500. The molecule has 102 valence electrons. The highest BCUT2D eigenvalue weighted by Gasteiger charge is 2.31. The third-order valence-corrected chi connectivity index (χ3v) is 2.71. The molecule has 0 amide bonds. The maximum absolute atomic E-state index is 12.1. The summed E-state index contributed by atoms with van der Waals surface area (Å²) in [5, 5.41) is 9.99. The number of nitrogens with two attached hydrogens (primary N) is 1. The Morgan fingerprint density at radius 2 is 2.06 bits per heavy atom. The van der Waals surface area contributed by atoms with Crippen LogP contribution >= 0.6 is 0 Å². The molecule has 0 spiro atoms. The molecule has 2 unspecified atom stereocenters. The van der Waals surface area contributed by atoms with Crippen LogP contribution < -0.4 is 10.5 Å². The first-order valence-electron chi connectivity index (χ1n) is 5.61. The zero-order chi connectivity index (χ0) is 13.8. The van der Waals surface area contributed by atoms with Gasteiger partial charge >= 0.3 is 6.36 Å². The quantitative estimate of drug-likeness (QED) is 0.858. The van der Waals surface area contributed by atoms with Crippen molar-refractivity contribution in [3.05, 3.63) is 29.8 Å². The van der Waals surface area contributed by atoms with E-state index >= 15 is 0 Å². The molecule has 0 aromatic heterocycles. The van der Waals surface area contributed by atoms with E-state index in [4.69, 9.17) is 5.73 Å². The van der Waals surface area contributed by atoms with Gasteiger partial charge in [-0.15, -0.1) is 13.2 Å². The summed E-state index contributed by atoms with van der Waals surface area (Å²) in [4.78, 5) is 0. The Hall–Kier alpha value is -1.27. The van der Waals surface area contributed by atoms with Crippen molar-refractivity contribution in [3.63, 3.8) is 0 Å². The van der Waals surface area contributed by atoms with Gasteiger partial charge in [0.2, 0.25) is 0 Å². The molecular formula is C12H16F3NO2. The molecule has 6 heteroatoms. The van der Waals surface area contributed by atoms with Crippen LogP contribution in [0.5, 0.6) is 5.75 Å². The van der Waals surface area contributed by atoms with Crippen molar-refractivity contribution in [2.45, 2.75) is 25.8 Å². The van der Waals surface area contributed by atoms with Gasteiger partial charge in [0.15, 0.2) is 0 Å². The normalized spacial score (nSPS) is 15.2. The molecule has 0 saturated heterocycles. The highest BCUT2D eigenvalue weighted by Crippen LogP contribution is 2.29. The standard InChI is InChI=1S/C12H16F3NO2/c1-2-8(7-16)11(17)9-4-3-5-10(6-9)18-12(13,14)15/h3-6,8,11,17H,2,7,16H2,1H3. The van der Waals surface area contributed by atoms with Crippen molar-refractivity contribution in [1.29, 1.82) is 0 Å². The first-order chi connectivity index (χ1) is 8.37. The summed E-state index contributed by atoms with van der Waals surface area (Å²) in [6.45, 7) is 2.12. The summed E-state index contributed by atoms with van der Waals surface area (Å²) in [6, 6.07) is 5.32. The second-order valence-electron chi connectivity index (χ2n) is 3.97. The molecule has 2 atom stereocenters. The maximum atomic E-state index is 12.1. The Bertz CT molecular complexity index is 378. The molecule has 1 rings (SSSR count). The SMILES string of the molecule is CCC(CN)C(O)c1cccc(OC(F)(F)F)c1. The topological polar surface area (TPSA) is 55.5 Å². The van der Waals surface area contributed by atoms with Crippen LogP contribution in [0.3, 0.4) is 0 Å². The van der Waals surface area contributed by atoms with E-state index in [0.717, 1.165) is 0 Å². The van der Waals surface area contributed by atoms with Gasteiger partial charge in [0.05, 0.1) is 6.10 Å². The molecular weight excluding hydrogens is 247 g/mol. The van der Waals surface area contributed by atoms with E-state index in [1.54, 1.807) is 6.07 Å². The predicted molar refractivity (Wildman–Crippen MR) is 60.9 cm³/mol. The van der Waals surface area contributed by atoms with Gasteiger partial charge in [-0.1, -0.05) is 19.1 Å². The summed E-state index contributed by atoms with van der Waals surface area (Å²) in [5.41, 5.74) is 5.86. The molecule has 0 aliphatic rings. The second kappa shape index (κ2) is 6.06. The highest BCUT2D eigenvalue weighted by atomic mass is 19.4. The van der Waals surface area contributed by atoms with Crippen molar-refractivity contribution < 1.29 is 23.0 Å². The zero-order valence-corrected chi connectivity index (χ0v) is 9.95. The van der Waals surface area contributed by atoms with Crippen molar-refractivity contribution in [1.82, 2.24) is 0 Å². The number of benzene rings is 1. The minimum absolute atomic E-state index is 0.189. The Morgan fingerprint density at radius 1 is 1.39 bits per heavy atom. The summed E-state index contributed by atoms with van der Waals surface area (Å²) in [7, 11) is 0. The molecule has 18 heavy (non-hydrogen) atoms. The molecule has 0 heterocycles. The predicted octanol–water partition coefficient (Wildman–Crippen LogP) is 2.60. The summed E-state index contributed by atoms with van der Waals surface area (Å²) < 4.78 is 40.0. The average Bonchev–Trinajstić information content (AvgIpc) is 2.28. The van der Waals surface area contributed by atoms with Crippen LogP contribution in [0.1, 0.15) is 25.0 Å². The van der Waals surface area contributed by atoms with Gasteiger partial charge in [-0.05, 0) is 30.7 Å². The third kappa shape index (κ3) is 4.19. The molecule has 0 radical (unpaired) electrons. The lowest BCUT2D eigenvalue weighted by Gasteiger charge is -2.20. The fourth-order valence-electron chi connectivity index (χ4n) is 1.69. The Morgan fingerprint density at radius 3 is 2.56 bits per heavy atom. The van der Waals surface area contributed by atoms with E-state index in [1.165, 1.54) is 18.2 Å². The number of ether oxygens (including phenoxy) is 1. The Balaban J connectivity index is 2.87. The van der Waals surface area contributed by atoms with Gasteiger partial charge in [-0.3, -0.25) is 0 Å². The van der Waals surface area contributed by atoms with E-state index in [2.05, 4.69) is 4.74 Å². The van der Waals surface area contributed by atoms with Crippen LogP contribution in [-0.2, 0) is 0 Å². The Labute approximate surface area is 103 Å². The van der Waals surface area contributed by atoms with E-state index < -0.39 is 12.5 Å². The summed E-state index contributed by atoms with van der Waals surface area (Å²) in [5.74, 6) is -0.530. The summed E-state index contributed by atoms with van der Waals surface area (Å²) >= 11 is 0. The maximum Gasteiger partial charge on any atom is 0.573 e. The van der Waals surface area contributed by atoms with Crippen LogP contribution in [0.25, 0.3) is 0 Å².